The van der Waals surface area contributed by atoms with E-state index in [1.54, 1.807) is 23.6 Å². The molecule has 0 aliphatic heterocycles. The largest absolute Gasteiger partial charge is 0.378 e. The molecule has 24 heavy (non-hydrogen) atoms. The van der Waals surface area contributed by atoms with E-state index >= 15 is 0 Å². The summed E-state index contributed by atoms with van der Waals surface area (Å²) >= 11 is 2.79. The molecule has 1 atom stereocenters. The molecular formula is C17H13F2NO2S2. The normalized spacial score (nSPS) is 13.5. The standard InChI is InChI=1S/C17H13F2NO2S2/c18-12-3-4-13(14(19)8-12)16(21)20-10-17(22,11-5-7-23-9-11)15-2-1-6-24-15/h1-9,22H,10H2,(H,20,21). The van der Waals surface area contributed by atoms with Gasteiger partial charge >= 0.3 is 0 Å². The molecule has 3 aromatic rings. The van der Waals surface area contributed by atoms with E-state index < -0.39 is 23.1 Å². The van der Waals surface area contributed by atoms with Crippen LogP contribution in [0.1, 0.15) is 20.8 Å². The Morgan fingerprint density at radius 1 is 1.21 bits per heavy atom. The number of aliphatic hydroxyl groups is 1. The fourth-order valence-electron chi connectivity index (χ4n) is 2.32. The first-order valence-corrected chi connectivity index (χ1v) is 8.85. The summed E-state index contributed by atoms with van der Waals surface area (Å²) in [6.07, 6.45) is 0. The van der Waals surface area contributed by atoms with E-state index in [0.29, 0.717) is 16.5 Å². The molecule has 0 radical (unpaired) electrons. The van der Waals surface area contributed by atoms with Crippen molar-refractivity contribution in [2.45, 2.75) is 5.60 Å². The van der Waals surface area contributed by atoms with Crippen LogP contribution in [0.5, 0.6) is 0 Å². The molecule has 0 bridgehead atoms. The van der Waals surface area contributed by atoms with Gasteiger partial charge in [-0.15, -0.1) is 11.3 Å². The molecule has 0 saturated heterocycles. The van der Waals surface area contributed by atoms with Gasteiger partial charge in [0, 0.05) is 16.5 Å². The number of carbonyl (C=O) groups excluding carboxylic acids is 1. The molecule has 0 aliphatic rings. The average Bonchev–Trinajstić information content (AvgIpc) is 3.25. The Morgan fingerprint density at radius 2 is 2.04 bits per heavy atom. The lowest BCUT2D eigenvalue weighted by atomic mass is 9.94. The van der Waals surface area contributed by atoms with Crippen LogP contribution in [0.4, 0.5) is 8.78 Å². The first-order chi connectivity index (χ1) is 11.5. The second kappa shape index (κ2) is 6.80. The van der Waals surface area contributed by atoms with E-state index in [1.807, 2.05) is 10.8 Å². The van der Waals surface area contributed by atoms with Gasteiger partial charge in [0.1, 0.15) is 17.2 Å². The van der Waals surface area contributed by atoms with Gasteiger partial charge in [0.05, 0.1) is 12.1 Å². The van der Waals surface area contributed by atoms with Gasteiger partial charge in [0.25, 0.3) is 5.91 Å². The van der Waals surface area contributed by atoms with Gasteiger partial charge in [-0.05, 0) is 40.4 Å². The van der Waals surface area contributed by atoms with Crippen LogP contribution in [0.2, 0.25) is 0 Å². The lowest BCUT2D eigenvalue weighted by Gasteiger charge is -2.27. The molecule has 1 amide bonds. The molecule has 0 saturated carbocycles. The highest BCUT2D eigenvalue weighted by atomic mass is 32.1. The van der Waals surface area contributed by atoms with E-state index in [2.05, 4.69) is 5.32 Å². The minimum atomic E-state index is -1.40. The Kier molecular flexibility index (Phi) is 4.75. The van der Waals surface area contributed by atoms with Crippen LogP contribution in [0.25, 0.3) is 0 Å². The van der Waals surface area contributed by atoms with Crippen molar-refractivity contribution in [1.82, 2.24) is 5.32 Å². The second-order valence-electron chi connectivity index (χ2n) is 5.16. The topological polar surface area (TPSA) is 49.3 Å². The molecule has 1 aromatic carbocycles. The zero-order valence-corrected chi connectivity index (χ0v) is 14.0. The van der Waals surface area contributed by atoms with Gasteiger partial charge in [-0.25, -0.2) is 8.78 Å². The van der Waals surface area contributed by atoms with Gasteiger partial charge in [-0.2, -0.15) is 11.3 Å². The van der Waals surface area contributed by atoms with Gasteiger partial charge < -0.3 is 10.4 Å². The van der Waals surface area contributed by atoms with Crippen LogP contribution in [0, 0.1) is 11.6 Å². The summed E-state index contributed by atoms with van der Waals surface area (Å²) < 4.78 is 26.7. The van der Waals surface area contributed by atoms with E-state index in [4.69, 9.17) is 0 Å². The molecule has 0 spiro atoms. The Bertz CT molecular complexity index is 798. The van der Waals surface area contributed by atoms with Gasteiger partial charge in [-0.1, -0.05) is 6.07 Å². The van der Waals surface area contributed by atoms with Crippen molar-refractivity contribution in [3.8, 4) is 0 Å². The van der Waals surface area contributed by atoms with Crippen molar-refractivity contribution in [3.63, 3.8) is 0 Å². The number of rotatable bonds is 5. The maximum Gasteiger partial charge on any atom is 0.254 e. The van der Waals surface area contributed by atoms with Gasteiger partial charge in [0.2, 0.25) is 0 Å². The van der Waals surface area contributed by atoms with Crippen molar-refractivity contribution < 1.29 is 18.7 Å². The summed E-state index contributed by atoms with van der Waals surface area (Å²) in [4.78, 5) is 12.9. The Balaban J connectivity index is 1.83. The fourth-order valence-corrected chi connectivity index (χ4v) is 3.89. The monoisotopic (exact) mass is 365 g/mol. The number of carbonyl (C=O) groups is 1. The van der Waals surface area contributed by atoms with Crippen LogP contribution >= 0.6 is 22.7 Å². The smallest absolute Gasteiger partial charge is 0.254 e. The predicted octanol–water partition coefficient (Wildman–Crippen LogP) is 3.75. The molecule has 0 aliphatic carbocycles. The van der Waals surface area contributed by atoms with Gasteiger partial charge in [0.15, 0.2) is 0 Å². The third-order valence-electron chi connectivity index (χ3n) is 3.61. The number of hydrogen-bond acceptors (Lipinski definition) is 4. The van der Waals surface area contributed by atoms with E-state index in [0.717, 1.165) is 12.1 Å². The van der Waals surface area contributed by atoms with Crippen LogP contribution in [0.15, 0.2) is 52.5 Å². The van der Waals surface area contributed by atoms with Crippen molar-refractivity contribution in [1.29, 1.82) is 0 Å². The highest BCUT2D eigenvalue weighted by molar-refractivity contribution is 7.10. The predicted molar refractivity (Wildman–Crippen MR) is 90.3 cm³/mol. The zero-order chi connectivity index (χ0) is 17.2. The SMILES string of the molecule is O=C(NCC(O)(c1ccsc1)c1cccs1)c1ccc(F)cc1F. The minimum Gasteiger partial charge on any atom is -0.378 e. The van der Waals surface area contributed by atoms with E-state index in [9.17, 15) is 18.7 Å². The quantitative estimate of drug-likeness (QED) is 0.723. The minimum absolute atomic E-state index is 0.125. The number of halogens is 2. The molecule has 2 N–H and O–H groups in total. The zero-order valence-electron chi connectivity index (χ0n) is 12.3. The highest BCUT2D eigenvalue weighted by Crippen LogP contribution is 2.33. The van der Waals surface area contributed by atoms with Crippen molar-refractivity contribution in [2.75, 3.05) is 6.54 Å². The molecule has 3 nitrogen and oxygen atoms in total. The number of hydrogen-bond donors (Lipinski definition) is 2. The van der Waals surface area contributed by atoms with E-state index in [-0.39, 0.29) is 12.1 Å². The lowest BCUT2D eigenvalue weighted by Crippen LogP contribution is -2.41. The number of nitrogens with one attached hydrogen (secondary N) is 1. The summed E-state index contributed by atoms with van der Waals surface area (Å²) in [6.45, 7) is -0.125. The third-order valence-corrected chi connectivity index (χ3v) is 5.31. The Hall–Kier alpha value is -2.09. The Labute approximate surface area is 145 Å². The molecule has 2 heterocycles. The summed E-state index contributed by atoms with van der Waals surface area (Å²) in [7, 11) is 0. The molecular weight excluding hydrogens is 352 g/mol. The summed E-state index contributed by atoms with van der Waals surface area (Å²) in [5.41, 5.74) is -1.02. The first kappa shape index (κ1) is 16.8. The number of thiophene rings is 2. The molecule has 3 rings (SSSR count). The number of benzene rings is 1. The fraction of sp³-hybridized carbons (Fsp3) is 0.118. The van der Waals surface area contributed by atoms with Crippen LogP contribution < -0.4 is 5.32 Å². The third kappa shape index (κ3) is 3.24. The molecule has 2 aromatic heterocycles. The second-order valence-corrected chi connectivity index (χ2v) is 6.88. The summed E-state index contributed by atoms with van der Waals surface area (Å²) in [5, 5.41) is 19.1. The highest BCUT2D eigenvalue weighted by Gasteiger charge is 2.34. The first-order valence-electron chi connectivity index (χ1n) is 7.03. The molecule has 124 valence electrons. The van der Waals surface area contributed by atoms with Crippen LogP contribution in [-0.4, -0.2) is 17.6 Å². The van der Waals surface area contributed by atoms with Crippen molar-refractivity contribution in [3.05, 3.63) is 80.2 Å². The Morgan fingerprint density at radius 3 is 2.67 bits per heavy atom. The van der Waals surface area contributed by atoms with Crippen molar-refractivity contribution in [2.24, 2.45) is 0 Å². The maximum atomic E-state index is 13.7. The van der Waals surface area contributed by atoms with E-state index in [1.165, 1.54) is 22.7 Å². The summed E-state index contributed by atoms with van der Waals surface area (Å²) in [6, 6.07) is 8.09. The van der Waals surface area contributed by atoms with Crippen molar-refractivity contribution >= 4 is 28.6 Å². The molecule has 1 unspecified atom stereocenters. The number of amides is 1. The van der Waals surface area contributed by atoms with Gasteiger partial charge in [-0.3, -0.25) is 4.79 Å². The molecule has 7 heteroatoms. The van der Waals surface area contributed by atoms with Crippen LogP contribution in [0.3, 0.4) is 0 Å². The molecule has 0 fully saturated rings. The van der Waals surface area contributed by atoms with Crippen LogP contribution in [-0.2, 0) is 5.60 Å². The average molecular weight is 365 g/mol. The lowest BCUT2D eigenvalue weighted by molar-refractivity contribution is 0.0718. The summed E-state index contributed by atoms with van der Waals surface area (Å²) in [5.74, 6) is -2.40. The maximum absolute atomic E-state index is 13.7.